The predicted molar refractivity (Wildman–Crippen MR) is 50.5 cm³/mol. The van der Waals surface area contributed by atoms with Crippen molar-refractivity contribution in [3.8, 4) is 0 Å². The van der Waals surface area contributed by atoms with Crippen molar-refractivity contribution in [1.29, 1.82) is 5.41 Å². The summed E-state index contributed by atoms with van der Waals surface area (Å²) in [5, 5.41) is 10.3. The Morgan fingerprint density at radius 2 is 2.15 bits per heavy atom. The summed E-state index contributed by atoms with van der Waals surface area (Å²) < 4.78 is 0. The first kappa shape index (κ1) is 8.26. The molecule has 0 fully saturated rings. The second-order valence-corrected chi connectivity index (χ2v) is 3.41. The Bertz CT molecular complexity index is 426. The average Bonchev–Trinajstić information content (AvgIpc) is 2.27. The maximum absolute atomic E-state index is 11.3. The topological polar surface area (TPSA) is 53.0 Å². The molecule has 2 N–H and O–H groups in total. The second-order valence-electron chi connectivity index (χ2n) is 3.00. The third-order valence-electron chi connectivity index (χ3n) is 1.97. The molecule has 0 atom stereocenters. The highest BCUT2D eigenvalue weighted by Gasteiger charge is 2.26. The number of aryl methyl sites for hydroxylation is 1. The summed E-state index contributed by atoms with van der Waals surface area (Å²) in [6.45, 7) is 1.86. The van der Waals surface area contributed by atoms with Crippen molar-refractivity contribution in [2.75, 3.05) is 0 Å². The lowest BCUT2D eigenvalue weighted by molar-refractivity contribution is 0.0983. The number of nitrogens with one attached hydrogen (secondary N) is 2. The Morgan fingerprint density at radius 3 is 2.85 bits per heavy atom. The summed E-state index contributed by atoms with van der Waals surface area (Å²) in [7, 11) is 0. The summed E-state index contributed by atoms with van der Waals surface area (Å²) in [4.78, 5) is 11.3. The molecule has 1 aliphatic heterocycles. The van der Waals surface area contributed by atoms with Crippen molar-refractivity contribution < 1.29 is 4.79 Å². The SMILES string of the molecule is Cc1cc(Cl)c2c(c1)C(=O)NC2=N. The molecule has 2 rings (SSSR count). The normalized spacial score (nSPS) is 14.3. The molecule has 1 heterocycles. The number of hydrogen-bond acceptors (Lipinski definition) is 2. The first-order chi connectivity index (χ1) is 6.09. The quantitative estimate of drug-likeness (QED) is 0.649. The summed E-state index contributed by atoms with van der Waals surface area (Å²) in [5.41, 5.74) is 1.93. The van der Waals surface area contributed by atoms with Gasteiger partial charge in [-0.3, -0.25) is 10.2 Å². The molecule has 0 saturated heterocycles. The van der Waals surface area contributed by atoms with E-state index in [4.69, 9.17) is 17.0 Å². The highest BCUT2D eigenvalue weighted by atomic mass is 35.5. The second kappa shape index (κ2) is 2.57. The fraction of sp³-hybridized carbons (Fsp3) is 0.111. The number of halogens is 1. The lowest BCUT2D eigenvalue weighted by atomic mass is 10.1. The van der Waals surface area contributed by atoms with Crippen molar-refractivity contribution in [3.05, 3.63) is 33.8 Å². The van der Waals surface area contributed by atoms with Crippen LogP contribution in [0, 0.1) is 12.3 Å². The van der Waals surface area contributed by atoms with Gasteiger partial charge in [-0.15, -0.1) is 0 Å². The molecule has 1 aromatic carbocycles. The van der Waals surface area contributed by atoms with E-state index in [0.29, 0.717) is 16.1 Å². The molecular formula is C9H7ClN2O. The van der Waals surface area contributed by atoms with Crippen LogP contribution in [0.4, 0.5) is 0 Å². The first-order valence-electron chi connectivity index (χ1n) is 3.80. The molecule has 66 valence electrons. The van der Waals surface area contributed by atoms with E-state index >= 15 is 0 Å². The zero-order valence-electron chi connectivity index (χ0n) is 6.94. The van der Waals surface area contributed by atoms with Crippen molar-refractivity contribution in [2.24, 2.45) is 0 Å². The molecule has 1 amide bonds. The summed E-state index contributed by atoms with van der Waals surface area (Å²) in [6, 6.07) is 3.48. The lowest BCUT2D eigenvalue weighted by Crippen LogP contribution is -2.20. The van der Waals surface area contributed by atoms with Crippen molar-refractivity contribution in [2.45, 2.75) is 6.92 Å². The van der Waals surface area contributed by atoms with Crippen LogP contribution in [0.3, 0.4) is 0 Å². The Morgan fingerprint density at radius 1 is 1.46 bits per heavy atom. The number of hydrogen-bond donors (Lipinski definition) is 2. The minimum atomic E-state index is -0.245. The number of amidine groups is 1. The van der Waals surface area contributed by atoms with Gasteiger partial charge in [-0.05, 0) is 24.6 Å². The van der Waals surface area contributed by atoms with Crippen LogP contribution >= 0.6 is 11.6 Å². The van der Waals surface area contributed by atoms with Gasteiger partial charge in [-0.1, -0.05) is 11.6 Å². The van der Waals surface area contributed by atoms with E-state index in [0.717, 1.165) is 5.56 Å². The Kier molecular flexibility index (Phi) is 1.63. The van der Waals surface area contributed by atoms with Crippen LogP contribution in [-0.2, 0) is 0 Å². The maximum Gasteiger partial charge on any atom is 0.257 e. The van der Waals surface area contributed by atoms with Crippen LogP contribution in [0.25, 0.3) is 0 Å². The van der Waals surface area contributed by atoms with E-state index in [-0.39, 0.29) is 11.7 Å². The fourth-order valence-electron chi connectivity index (χ4n) is 1.42. The van der Waals surface area contributed by atoms with Crippen LogP contribution < -0.4 is 5.32 Å². The van der Waals surface area contributed by atoms with Crippen LogP contribution in [0.1, 0.15) is 21.5 Å². The van der Waals surface area contributed by atoms with Crippen LogP contribution in [0.2, 0.25) is 5.02 Å². The van der Waals surface area contributed by atoms with Gasteiger partial charge in [0.2, 0.25) is 0 Å². The standard InChI is InChI=1S/C9H7ClN2O/c1-4-2-5-7(6(10)3-4)8(11)12-9(5)13/h2-3H,1H3,(H2,11,12,13). The molecular weight excluding hydrogens is 188 g/mol. The Hall–Kier alpha value is -1.35. The molecule has 1 aromatic rings. The first-order valence-corrected chi connectivity index (χ1v) is 4.18. The Labute approximate surface area is 80.2 Å². The average molecular weight is 195 g/mol. The van der Waals surface area contributed by atoms with Crippen LogP contribution in [0.15, 0.2) is 12.1 Å². The molecule has 13 heavy (non-hydrogen) atoms. The van der Waals surface area contributed by atoms with Gasteiger partial charge < -0.3 is 5.32 Å². The fourth-order valence-corrected chi connectivity index (χ4v) is 1.79. The highest BCUT2D eigenvalue weighted by molar-refractivity contribution is 6.37. The number of carbonyl (C=O) groups is 1. The van der Waals surface area contributed by atoms with Crippen molar-refractivity contribution in [1.82, 2.24) is 5.32 Å². The molecule has 4 heteroatoms. The minimum absolute atomic E-state index is 0.0880. The third-order valence-corrected chi connectivity index (χ3v) is 2.27. The van der Waals surface area contributed by atoms with Crippen LogP contribution in [-0.4, -0.2) is 11.7 Å². The smallest absolute Gasteiger partial charge is 0.257 e. The molecule has 0 bridgehead atoms. The highest BCUT2D eigenvalue weighted by Crippen LogP contribution is 2.25. The predicted octanol–water partition coefficient (Wildman–Crippen LogP) is 1.72. The van der Waals surface area contributed by atoms with Gasteiger partial charge in [0, 0.05) is 5.56 Å². The molecule has 0 spiro atoms. The van der Waals surface area contributed by atoms with E-state index in [1.807, 2.05) is 6.92 Å². The van der Waals surface area contributed by atoms with E-state index in [1.165, 1.54) is 0 Å². The molecule has 0 aliphatic carbocycles. The monoisotopic (exact) mass is 194 g/mol. The van der Waals surface area contributed by atoms with Gasteiger partial charge in [-0.2, -0.15) is 0 Å². The number of carbonyl (C=O) groups excluding carboxylic acids is 1. The number of benzene rings is 1. The zero-order valence-corrected chi connectivity index (χ0v) is 7.70. The summed E-state index contributed by atoms with van der Waals surface area (Å²) in [5.74, 6) is -0.157. The van der Waals surface area contributed by atoms with Gasteiger partial charge in [0.05, 0.1) is 10.6 Å². The third kappa shape index (κ3) is 1.12. The largest absolute Gasteiger partial charge is 0.306 e. The van der Waals surface area contributed by atoms with E-state index in [9.17, 15) is 4.79 Å². The van der Waals surface area contributed by atoms with E-state index < -0.39 is 0 Å². The zero-order chi connectivity index (χ0) is 9.59. The van der Waals surface area contributed by atoms with Gasteiger partial charge in [0.1, 0.15) is 5.84 Å². The summed E-state index contributed by atoms with van der Waals surface area (Å²) in [6.07, 6.45) is 0. The number of amides is 1. The number of rotatable bonds is 0. The number of fused-ring (bicyclic) bond motifs is 1. The lowest BCUT2D eigenvalue weighted by Gasteiger charge is -2.00. The molecule has 0 saturated carbocycles. The van der Waals surface area contributed by atoms with E-state index in [2.05, 4.69) is 5.32 Å². The van der Waals surface area contributed by atoms with Crippen molar-refractivity contribution >= 4 is 23.3 Å². The van der Waals surface area contributed by atoms with Crippen molar-refractivity contribution in [3.63, 3.8) is 0 Å². The van der Waals surface area contributed by atoms with Gasteiger partial charge in [0.15, 0.2) is 0 Å². The summed E-state index contributed by atoms with van der Waals surface area (Å²) >= 11 is 5.90. The van der Waals surface area contributed by atoms with E-state index in [1.54, 1.807) is 12.1 Å². The van der Waals surface area contributed by atoms with Gasteiger partial charge in [-0.25, -0.2) is 0 Å². The minimum Gasteiger partial charge on any atom is -0.306 e. The maximum atomic E-state index is 11.3. The van der Waals surface area contributed by atoms with Gasteiger partial charge >= 0.3 is 0 Å². The molecule has 0 aromatic heterocycles. The van der Waals surface area contributed by atoms with Gasteiger partial charge in [0.25, 0.3) is 5.91 Å². The molecule has 0 unspecified atom stereocenters. The molecule has 3 nitrogen and oxygen atoms in total. The Balaban J connectivity index is 2.77. The molecule has 0 radical (unpaired) electrons. The molecule has 1 aliphatic rings. The van der Waals surface area contributed by atoms with Crippen LogP contribution in [0.5, 0.6) is 0 Å².